The van der Waals surface area contributed by atoms with E-state index in [9.17, 15) is 9.90 Å². The van der Waals surface area contributed by atoms with Crippen LogP contribution in [0.15, 0.2) is 12.1 Å². The Kier molecular flexibility index (Phi) is 4.07. The first-order valence-corrected chi connectivity index (χ1v) is 6.16. The average Bonchev–Trinajstić information content (AvgIpc) is 2.77. The summed E-state index contributed by atoms with van der Waals surface area (Å²) in [7, 11) is 0. The molecule has 0 radical (unpaired) electrons. The van der Waals surface area contributed by atoms with Gasteiger partial charge in [0.2, 0.25) is 0 Å². The largest absolute Gasteiger partial charge is 0.386 e. The maximum absolute atomic E-state index is 11.8. The van der Waals surface area contributed by atoms with E-state index in [1.807, 2.05) is 0 Å². The molecule has 0 saturated carbocycles. The highest BCUT2D eigenvalue weighted by atomic mass is 35.5. The van der Waals surface area contributed by atoms with Crippen LogP contribution in [0.2, 0.25) is 10.2 Å². The van der Waals surface area contributed by atoms with Gasteiger partial charge in [0.15, 0.2) is 0 Å². The molecule has 1 atom stereocenters. The van der Waals surface area contributed by atoms with Crippen molar-refractivity contribution in [2.75, 3.05) is 19.8 Å². The number of hydrogen-bond acceptors (Lipinski definition) is 4. The summed E-state index contributed by atoms with van der Waals surface area (Å²) in [5.74, 6) is -0.470. The van der Waals surface area contributed by atoms with Crippen molar-refractivity contribution < 1.29 is 14.6 Å². The molecule has 5 nitrogen and oxygen atoms in total. The number of aromatic nitrogens is 1. The highest BCUT2D eigenvalue weighted by molar-refractivity contribution is 6.34. The third kappa shape index (κ3) is 3.11. The van der Waals surface area contributed by atoms with Crippen LogP contribution in [-0.4, -0.2) is 41.4 Å². The van der Waals surface area contributed by atoms with E-state index in [4.69, 9.17) is 27.9 Å². The van der Waals surface area contributed by atoms with Gasteiger partial charge in [-0.1, -0.05) is 23.2 Å². The van der Waals surface area contributed by atoms with Crippen LogP contribution in [-0.2, 0) is 4.74 Å². The SMILES string of the molecule is O=C(NCC1(O)CCOC1)c1nc(Cl)ccc1Cl. The van der Waals surface area contributed by atoms with E-state index in [1.165, 1.54) is 12.1 Å². The molecule has 0 spiro atoms. The average molecular weight is 291 g/mol. The topological polar surface area (TPSA) is 71.5 Å². The lowest BCUT2D eigenvalue weighted by Crippen LogP contribution is -2.43. The lowest BCUT2D eigenvalue weighted by molar-refractivity contribution is 0.0264. The molecule has 1 aliphatic rings. The molecule has 1 aliphatic heterocycles. The van der Waals surface area contributed by atoms with Gasteiger partial charge in [-0.2, -0.15) is 0 Å². The molecule has 1 fully saturated rings. The van der Waals surface area contributed by atoms with Crippen LogP contribution in [0.5, 0.6) is 0 Å². The molecule has 1 aromatic heterocycles. The number of hydrogen-bond donors (Lipinski definition) is 2. The van der Waals surface area contributed by atoms with Crippen molar-refractivity contribution in [2.24, 2.45) is 0 Å². The number of halogens is 2. The predicted octanol–water partition coefficient (Wildman–Crippen LogP) is 1.27. The summed E-state index contributed by atoms with van der Waals surface area (Å²) in [5, 5.41) is 13.0. The van der Waals surface area contributed by atoms with Crippen LogP contribution in [0.4, 0.5) is 0 Å². The predicted molar refractivity (Wildman–Crippen MR) is 67.0 cm³/mol. The second kappa shape index (κ2) is 5.40. The van der Waals surface area contributed by atoms with Gasteiger partial charge in [-0.25, -0.2) is 4.98 Å². The number of carbonyl (C=O) groups is 1. The maximum Gasteiger partial charge on any atom is 0.271 e. The van der Waals surface area contributed by atoms with Gasteiger partial charge in [0.1, 0.15) is 16.4 Å². The molecule has 2 N–H and O–H groups in total. The molecule has 0 bridgehead atoms. The zero-order valence-electron chi connectivity index (χ0n) is 9.45. The summed E-state index contributed by atoms with van der Waals surface area (Å²) in [6.07, 6.45) is 0.490. The number of ether oxygens (including phenoxy) is 1. The van der Waals surface area contributed by atoms with Crippen molar-refractivity contribution in [3.63, 3.8) is 0 Å². The normalized spacial score (nSPS) is 23.1. The zero-order chi connectivity index (χ0) is 13.2. The minimum Gasteiger partial charge on any atom is -0.386 e. The Hall–Kier alpha value is -0.880. The Morgan fingerprint density at radius 1 is 1.56 bits per heavy atom. The number of nitrogens with one attached hydrogen (secondary N) is 1. The van der Waals surface area contributed by atoms with Crippen molar-refractivity contribution in [2.45, 2.75) is 12.0 Å². The van der Waals surface area contributed by atoms with Crippen molar-refractivity contribution in [3.8, 4) is 0 Å². The van der Waals surface area contributed by atoms with Crippen molar-refractivity contribution in [1.82, 2.24) is 10.3 Å². The van der Waals surface area contributed by atoms with E-state index in [1.54, 1.807) is 0 Å². The highest BCUT2D eigenvalue weighted by Crippen LogP contribution is 2.19. The van der Waals surface area contributed by atoms with Gasteiger partial charge in [-0.3, -0.25) is 4.79 Å². The number of pyridine rings is 1. The van der Waals surface area contributed by atoms with E-state index in [2.05, 4.69) is 10.3 Å². The molecule has 0 aromatic carbocycles. The van der Waals surface area contributed by atoms with E-state index in [0.29, 0.717) is 13.0 Å². The van der Waals surface area contributed by atoms with Crippen molar-refractivity contribution in [3.05, 3.63) is 28.0 Å². The summed E-state index contributed by atoms with van der Waals surface area (Å²) >= 11 is 11.5. The van der Waals surface area contributed by atoms with Crippen LogP contribution in [0.25, 0.3) is 0 Å². The first-order valence-electron chi connectivity index (χ1n) is 5.41. The quantitative estimate of drug-likeness (QED) is 0.823. The first-order chi connectivity index (χ1) is 8.50. The molecule has 2 heterocycles. The van der Waals surface area contributed by atoms with Crippen molar-refractivity contribution in [1.29, 1.82) is 0 Å². The van der Waals surface area contributed by atoms with Gasteiger partial charge in [-0.15, -0.1) is 0 Å². The molecule has 1 saturated heterocycles. The van der Waals surface area contributed by atoms with Gasteiger partial charge >= 0.3 is 0 Å². The number of carbonyl (C=O) groups excluding carboxylic acids is 1. The molecule has 7 heteroatoms. The van der Waals surface area contributed by atoms with E-state index < -0.39 is 11.5 Å². The second-order valence-corrected chi connectivity index (χ2v) is 4.97. The lowest BCUT2D eigenvalue weighted by Gasteiger charge is -2.20. The maximum atomic E-state index is 11.8. The number of rotatable bonds is 3. The van der Waals surface area contributed by atoms with Crippen molar-refractivity contribution >= 4 is 29.1 Å². The van der Waals surface area contributed by atoms with E-state index in [0.717, 1.165) is 0 Å². The Morgan fingerprint density at radius 3 is 3.00 bits per heavy atom. The fourth-order valence-corrected chi connectivity index (χ4v) is 1.98. The molecule has 1 unspecified atom stereocenters. The third-order valence-electron chi connectivity index (χ3n) is 2.69. The van der Waals surface area contributed by atoms with Gasteiger partial charge in [0.25, 0.3) is 5.91 Å². The summed E-state index contributed by atoms with van der Waals surface area (Å²) < 4.78 is 5.08. The molecular weight excluding hydrogens is 279 g/mol. The molecule has 2 rings (SSSR count). The van der Waals surface area contributed by atoms with Gasteiger partial charge in [0.05, 0.1) is 11.6 Å². The summed E-state index contributed by atoms with van der Waals surface area (Å²) in [4.78, 5) is 15.7. The van der Waals surface area contributed by atoms with Gasteiger partial charge in [-0.05, 0) is 12.1 Å². The highest BCUT2D eigenvalue weighted by Gasteiger charge is 2.32. The van der Waals surface area contributed by atoms with Gasteiger partial charge < -0.3 is 15.2 Å². The number of amides is 1. The Labute approximate surface area is 114 Å². The van der Waals surface area contributed by atoms with Crippen LogP contribution < -0.4 is 5.32 Å². The standard InChI is InChI=1S/C11H12Cl2N2O3/c12-7-1-2-8(13)15-9(7)10(16)14-5-11(17)3-4-18-6-11/h1-2,17H,3-6H2,(H,14,16). The molecule has 1 aromatic rings. The fraction of sp³-hybridized carbons (Fsp3) is 0.455. The summed E-state index contributed by atoms with van der Waals surface area (Å²) in [5.41, 5.74) is -0.965. The summed E-state index contributed by atoms with van der Waals surface area (Å²) in [6, 6.07) is 3.00. The van der Waals surface area contributed by atoms with Crippen LogP contribution in [0.1, 0.15) is 16.9 Å². The zero-order valence-corrected chi connectivity index (χ0v) is 11.0. The Bertz CT molecular complexity index is 462. The number of aliphatic hydroxyl groups is 1. The third-order valence-corrected chi connectivity index (χ3v) is 3.20. The Balaban J connectivity index is 2.01. The second-order valence-electron chi connectivity index (χ2n) is 4.17. The smallest absolute Gasteiger partial charge is 0.271 e. The fourth-order valence-electron chi connectivity index (χ4n) is 1.64. The van der Waals surface area contributed by atoms with Crippen LogP contribution in [0.3, 0.4) is 0 Å². The summed E-state index contributed by atoms with van der Waals surface area (Å²) in [6.45, 7) is 0.795. The molecule has 98 valence electrons. The first kappa shape index (κ1) is 13.5. The Morgan fingerprint density at radius 2 is 2.33 bits per heavy atom. The van der Waals surface area contributed by atoms with E-state index in [-0.39, 0.29) is 29.0 Å². The van der Waals surface area contributed by atoms with Crippen LogP contribution in [0, 0.1) is 0 Å². The molecule has 0 aliphatic carbocycles. The molecular formula is C11H12Cl2N2O3. The minimum atomic E-state index is -1.01. The minimum absolute atomic E-state index is 0.0479. The van der Waals surface area contributed by atoms with E-state index >= 15 is 0 Å². The lowest BCUT2D eigenvalue weighted by atomic mass is 10.0. The molecule has 1 amide bonds. The van der Waals surface area contributed by atoms with Crippen LogP contribution >= 0.6 is 23.2 Å². The van der Waals surface area contributed by atoms with Gasteiger partial charge in [0, 0.05) is 19.6 Å². The number of nitrogens with zero attached hydrogens (tertiary/aromatic N) is 1. The molecule has 18 heavy (non-hydrogen) atoms. The monoisotopic (exact) mass is 290 g/mol.